The lowest BCUT2D eigenvalue weighted by molar-refractivity contribution is -0.152. The Labute approximate surface area is 181 Å². The molecule has 0 aliphatic rings. The summed E-state index contributed by atoms with van der Waals surface area (Å²) in [6.45, 7) is 1.89. The number of anilines is 1. The van der Waals surface area contributed by atoms with Gasteiger partial charge in [0.25, 0.3) is 5.24 Å². The summed E-state index contributed by atoms with van der Waals surface area (Å²) in [5.41, 5.74) is 0.0922. The van der Waals surface area contributed by atoms with Crippen LogP contribution in [-0.4, -0.2) is 43.0 Å². The van der Waals surface area contributed by atoms with Gasteiger partial charge in [0.05, 0.1) is 21.9 Å². The molecule has 1 rings (SSSR count). The van der Waals surface area contributed by atoms with Crippen molar-refractivity contribution < 1.29 is 14.3 Å². The van der Waals surface area contributed by atoms with Crippen molar-refractivity contribution in [1.82, 2.24) is 4.90 Å². The molecular formula is C14H16ClI3N2O3. The Kier molecular flexibility index (Phi) is 8.29. The summed E-state index contributed by atoms with van der Waals surface area (Å²) >= 11 is 12.0. The van der Waals surface area contributed by atoms with Crippen LogP contribution in [0.2, 0.25) is 0 Å². The summed E-state index contributed by atoms with van der Waals surface area (Å²) in [4.78, 5) is 25.9. The van der Waals surface area contributed by atoms with Crippen molar-refractivity contribution in [3.05, 3.63) is 22.3 Å². The number of likely N-dealkylation sites (N-methyl/N-ethyl adjacent to an activating group) is 1. The van der Waals surface area contributed by atoms with E-state index in [0.717, 1.165) is 7.14 Å². The van der Waals surface area contributed by atoms with Gasteiger partial charge in [-0.25, -0.2) is 4.79 Å². The van der Waals surface area contributed by atoms with Crippen LogP contribution < -0.4 is 5.32 Å². The predicted octanol–water partition coefficient (Wildman–Crippen LogP) is 4.13. The Hall–Kier alpha value is 0.600. The highest BCUT2D eigenvalue weighted by atomic mass is 127. The van der Waals surface area contributed by atoms with Crippen LogP contribution >= 0.6 is 79.4 Å². The number of ether oxygens (including phenoxy) is 1. The number of carbonyl (C=O) groups excluding carboxylic acids is 2. The lowest BCUT2D eigenvalue weighted by atomic mass is 10.0. The second-order valence-corrected chi connectivity index (χ2v) is 8.65. The Morgan fingerprint density at radius 3 is 2.26 bits per heavy atom. The average molecular weight is 676 g/mol. The lowest BCUT2D eigenvalue weighted by Crippen LogP contribution is -2.57. The minimum atomic E-state index is -1.03. The molecule has 128 valence electrons. The summed E-state index contributed by atoms with van der Waals surface area (Å²) in [5.74, 6) is -0.395. The minimum absolute atomic E-state index is 0.395. The van der Waals surface area contributed by atoms with Crippen molar-refractivity contribution in [1.29, 1.82) is 0 Å². The van der Waals surface area contributed by atoms with Crippen molar-refractivity contribution in [3.63, 3.8) is 0 Å². The van der Waals surface area contributed by atoms with Gasteiger partial charge >= 0.3 is 5.97 Å². The molecule has 0 aliphatic heterocycles. The fourth-order valence-electron chi connectivity index (χ4n) is 2.16. The first-order chi connectivity index (χ1) is 10.6. The van der Waals surface area contributed by atoms with Gasteiger partial charge in [-0.05, 0) is 106 Å². The third-order valence-corrected chi connectivity index (χ3v) is 6.47. The van der Waals surface area contributed by atoms with E-state index in [-0.39, 0.29) is 0 Å². The number of carbonyl (C=O) groups is 2. The molecular weight excluding hydrogens is 660 g/mol. The van der Waals surface area contributed by atoms with Gasteiger partial charge in [0, 0.05) is 7.14 Å². The largest absolute Gasteiger partial charge is 0.466 e. The third kappa shape index (κ3) is 4.42. The zero-order valence-corrected chi connectivity index (χ0v) is 20.2. The number of benzene rings is 1. The fourth-order valence-corrected chi connectivity index (χ4v) is 6.80. The van der Waals surface area contributed by atoms with E-state index in [1.807, 2.05) is 13.0 Å². The molecule has 0 fully saturated rings. The number of nitrogens with one attached hydrogen (secondary N) is 1. The van der Waals surface area contributed by atoms with E-state index in [0.29, 0.717) is 21.2 Å². The number of methoxy groups -OCH3 is 1. The average Bonchev–Trinajstić information content (AvgIpc) is 2.45. The first kappa shape index (κ1) is 21.6. The maximum absolute atomic E-state index is 12.4. The minimum Gasteiger partial charge on any atom is -0.466 e. The number of hydrogen-bond acceptors (Lipinski definition) is 5. The maximum atomic E-state index is 12.4. The molecule has 0 aromatic heterocycles. The summed E-state index contributed by atoms with van der Waals surface area (Å²) in [6, 6.07) is 1.86. The van der Waals surface area contributed by atoms with Crippen LogP contribution in [0.4, 0.5) is 5.69 Å². The Balaban J connectivity index is 3.55. The van der Waals surface area contributed by atoms with Gasteiger partial charge in [0.15, 0.2) is 5.66 Å². The number of halogens is 4. The van der Waals surface area contributed by atoms with Crippen molar-refractivity contribution in [2.24, 2.45) is 0 Å². The second-order valence-electron chi connectivity index (χ2n) is 4.90. The molecule has 0 bridgehead atoms. The molecule has 23 heavy (non-hydrogen) atoms. The molecule has 0 saturated heterocycles. The number of hydrogen-bond donors (Lipinski definition) is 1. The smallest absolute Gasteiger partial charge is 0.346 e. The van der Waals surface area contributed by atoms with Crippen molar-refractivity contribution in [2.45, 2.75) is 19.0 Å². The molecule has 1 unspecified atom stereocenters. The van der Waals surface area contributed by atoms with Crippen LogP contribution in [0, 0.1) is 10.7 Å². The molecule has 0 radical (unpaired) electrons. The Bertz CT molecular complexity index is 640. The molecule has 1 aromatic carbocycles. The van der Waals surface area contributed by atoms with Gasteiger partial charge < -0.3 is 10.1 Å². The number of nitrogens with zero attached hydrogens (tertiary/aromatic N) is 1. The topological polar surface area (TPSA) is 58.6 Å². The van der Waals surface area contributed by atoms with E-state index < -0.39 is 16.9 Å². The molecule has 0 aliphatic carbocycles. The van der Waals surface area contributed by atoms with E-state index in [2.05, 4.69) is 73.1 Å². The van der Waals surface area contributed by atoms with Crippen LogP contribution in [0.25, 0.3) is 0 Å². The van der Waals surface area contributed by atoms with Crippen LogP contribution in [0.5, 0.6) is 0 Å². The van der Waals surface area contributed by atoms with Gasteiger partial charge in [-0.2, -0.15) is 0 Å². The van der Waals surface area contributed by atoms with Crippen LogP contribution in [0.1, 0.15) is 23.7 Å². The van der Waals surface area contributed by atoms with Gasteiger partial charge in [-0.1, -0.05) is 6.92 Å². The second kappa shape index (κ2) is 8.81. The standard InChI is InChI=1S/C14H16ClI3N2O3/c1-5-14(20(2)3,13(22)23-4)19-11-8(17)6-7(16)9(10(11)18)12(15)21/h6,19H,5H2,1-4H3. The Morgan fingerprint density at radius 1 is 1.30 bits per heavy atom. The van der Waals surface area contributed by atoms with E-state index in [4.69, 9.17) is 16.3 Å². The molecule has 0 heterocycles. The number of rotatable bonds is 6. The maximum Gasteiger partial charge on any atom is 0.346 e. The van der Waals surface area contributed by atoms with E-state index in [1.165, 1.54) is 7.11 Å². The molecule has 1 N–H and O–H groups in total. The van der Waals surface area contributed by atoms with Crippen LogP contribution in [-0.2, 0) is 9.53 Å². The van der Waals surface area contributed by atoms with E-state index >= 15 is 0 Å². The molecule has 0 saturated carbocycles. The first-order valence-electron chi connectivity index (χ1n) is 6.53. The van der Waals surface area contributed by atoms with Gasteiger partial charge in [-0.3, -0.25) is 9.69 Å². The van der Waals surface area contributed by atoms with E-state index in [9.17, 15) is 9.59 Å². The highest BCUT2D eigenvalue weighted by Crippen LogP contribution is 2.35. The normalized spacial score (nSPS) is 13.6. The van der Waals surface area contributed by atoms with Crippen LogP contribution in [0.15, 0.2) is 6.07 Å². The fraction of sp³-hybridized carbons (Fsp3) is 0.429. The van der Waals surface area contributed by atoms with Crippen LogP contribution in [0.3, 0.4) is 0 Å². The lowest BCUT2D eigenvalue weighted by Gasteiger charge is -2.38. The third-order valence-electron chi connectivity index (χ3n) is 3.50. The quantitative estimate of drug-likeness (QED) is 0.213. The Morgan fingerprint density at radius 2 is 1.87 bits per heavy atom. The molecule has 0 spiro atoms. The zero-order valence-electron chi connectivity index (χ0n) is 13.0. The van der Waals surface area contributed by atoms with Gasteiger partial charge in [-0.15, -0.1) is 0 Å². The van der Waals surface area contributed by atoms with Crippen molar-refractivity contribution in [3.8, 4) is 0 Å². The highest BCUT2D eigenvalue weighted by Gasteiger charge is 2.41. The zero-order chi connectivity index (χ0) is 17.9. The molecule has 5 nitrogen and oxygen atoms in total. The summed E-state index contributed by atoms with van der Waals surface area (Å²) in [6.07, 6.45) is 0.481. The summed E-state index contributed by atoms with van der Waals surface area (Å²) in [5, 5.41) is 2.75. The van der Waals surface area contributed by atoms with Gasteiger partial charge in [0.2, 0.25) is 0 Å². The summed E-state index contributed by atoms with van der Waals surface area (Å²) in [7, 11) is 4.95. The molecule has 1 aromatic rings. The summed E-state index contributed by atoms with van der Waals surface area (Å²) < 4.78 is 7.32. The van der Waals surface area contributed by atoms with Crippen molar-refractivity contribution in [2.75, 3.05) is 26.5 Å². The monoisotopic (exact) mass is 676 g/mol. The molecule has 9 heteroatoms. The highest BCUT2D eigenvalue weighted by molar-refractivity contribution is 14.1. The van der Waals surface area contributed by atoms with Crippen molar-refractivity contribution >= 4 is 96.3 Å². The van der Waals surface area contributed by atoms with Gasteiger partial charge in [0.1, 0.15) is 0 Å². The van der Waals surface area contributed by atoms with E-state index in [1.54, 1.807) is 19.0 Å². The number of esters is 1. The first-order valence-corrected chi connectivity index (χ1v) is 10.1. The molecule has 1 atom stereocenters. The predicted molar refractivity (Wildman–Crippen MR) is 117 cm³/mol. The SMILES string of the molecule is CCC(Nc1c(I)cc(I)c(C(=O)Cl)c1I)(C(=O)OC)N(C)C. The molecule has 0 amide bonds.